The van der Waals surface area contributed by atoms with Crippen molar-refractivity contribution in [2.75, 3.05) is 0 Å². The average Bonchev–Trinajstić information content (AvgIpc) is 2.04. The molecule has 0 saturated heterocycles. The molecule has 0 amide bonds. The summed E-state index contributed by atoms with van der Waals surface area (Å²) < 4.78 is 5.14. The maximum Gasteiger partial charge on any atom is 0.316 e. The van der Waals surface area contributed by atoms with Crippen LogP contribution in [-0.2, 0) is 4.79 Å². The molecule has 2 heteroatoms. The summed E-state index contributed by atoms with van der Waals surface area (Å²) in [4.78, 5) is 11.4. The number of carbonyl (C=O) groups is 1. The van der Waals surface area contributed by atoms with E-state index in [1.54, 1.807) is 12.1 Å². The third-order valence-corrected chi connectivity index (χ3v) is 1.57. The van der Waals surface area contributed by atoms with Gasteiger partial charge in [0.25, 0.3) is 0 Å². The second-order valence-corrected chi connectivity index (χ2v) is 3.95. The fourth-order valence-electron chi connectivity index (χ4n) is 0.749. The molecule has 0 saturated carbocycles. The van der Waals surface area contributed by atoms with Gasteiger partial charge in [0, 0.05) is 0 Å². The molecular weight excluding hydrogens is 164 g/mol. The third kappa shape index (κ3) is 2.90. The van der Waals surface area contributed by atoms with E-state index < -0.39 is 5.41 Å². The molecule has 0 spiro atoms. The highest BCUT2D eigenvalue weighted by atomic mass is 16.5. The van der Waals surface area contributed by atoms with E-state index in [1.165, 1.54) is 0 Å². The molecule has 0 heterocycles. The average molecular weight is 178 g/mol. The van der Waals surface area contributed by atoms with Gasteiger partial charge in [-0.15, -0.1) is 0 Å². The lowest BCUT2D eigenvalue weighted by Crippen LogP contribution is -2.25. The summed E-state index contributed by atoms with van der Waals surface area (Å²) in [6.07, 6.45) is 0. The van der Waals surface area contributed by atoms with E-state index in [1.807, 2.05) is 39.0 Å². The largest absolute Gasteiger partial charge is 0.426 e. The number of hydrogen-bond donors (Lipinski definition) is 0. The first kappa shape index (κ1) is 9.78. The van der Waals surface area contributed by atoms with Gasteiger partial charge >= 0.3 is 5.97 Å². The highest BCUT2D eigenvalue weighted by Gasteiger charge is 2.23. The van der Waals surface area contributed by atoms with E-state index in [0.29, 0.717) is 5.75 Å². The molecule has 1 aromatic rings. The number of hydrogen-bond acceptors (Lipinski definition) is 2. The van der Waals surface area contributed by atoms with Crippen molar-refractivity contribution in [1.82, 2.24) is 0 Å². The zero-order valence-corrected chi connectivity index (χ0v) is 8.20. The lowest BCUT2D eigenvalue weighted by atomic mass is 9.97. The van der Waals surface area contributed by atoms with Gasteiger partial charge in [-0.25, -0.2) is 0 Å². The van der Waals surface area contributed by atoms with Gasteiger partial charge in [0.15, 0.2) is 0 Å². The second kappa shape index (κ2) is 3.60. The van der Waals surface area contributed by atoms with Crippen LogP contribution in [0.4, 0.5) is 0 Å². The Bertz CT molecular complexity index is 283. The molecule has 0 N–H and O–H groups in total. The van der Waals surface area contributed by atoms with Gasteiger partial charge in [0.1, 0.15) is 5.75 Å². The van der Waals surface area contributed by atoms with E-state index in [4.69, 9.17) is 4.74 Å². The first-order valence-electron chi connectivity index (χ1n) is 4.27. The maximum absolute atomic E-state index is 11.4. The summed E-state index contributed by atoms with van der Waals surface area (Å²) in [6, 6.07) is 9.10. The molecule has 70 valence electrons. The maximum atomic E-state index is 11.4. The molecule has 0 radical (unpaired) electrons. The molecule has 0 aliphatic heterocycles. The molecule has 1 aromatic carbocycles. The van der Waals surface area contributed by atoms with Crippen LogP contribution in [0.2, 0.25) is 0 Å². The first-order chi connectivity index (χ1) is 6.00. The lowest BCUT2D eigenvalue weighted by Gasteiger charge is -2.15. The molecule has 0 aliphatic carbocycles. The van der Waals surface area contributed by atoms with Crippen LogP contribution in [0.3, 0.4) is 0 Å². The fraction of sp³-hybridized carbons (Fsp3) is 0.364. The van der Waals surface area contributed by atoms with Crippen molar-refractivity contribution in [3.63, 3.8) is 0 Å². The van der Waals surface area contributed by atoms with Gasteiger partial charge in [-0.05, 0) is 32.9 Å². The molecule has 13 heavy (non-hydrogen) atoms. The smallest absolute Gasteiger partial charge is 0.316 e. The number of esters is 1. The summed E-state index contributed by atoms with van der Waals surface area (Å²) >= 11 is 0. The van der Waals surface area contributed by atoms with Crippen molar-refractivity contribution in [3.05, 3.63) is 30.3 Å². The normalized spacial score (nSPS) is 11.0. The standard InChI is InChI=1S/C11H14O2/c1-11(2,3)10(12)13-9-7-5-4-6-8-9/h4-8H,1-3H3. The van der Waals surface area contributed by atoms with Crippen LogP contribution < -0.4 is 4.74 Å². The Hall–Kier alpha value is -1.31. The fourth-order valence-corrected chi connectivity index (χ4v) is 0.749. The Kier molecular flexibility index (Phi) is 2.71. The molecule has 0 aromatic heterocycles. The number of carbonyl (C=O) groups excluding carboxylic acids is 1. The van der Waals surface area contributed by atoms with Crippen molar-refractivity contribution in [1.29, 1.82) is 0 Å². The lowest BCUT2D eigenvalue weighted by molar-refractivity contribution is -0.142. The van der Waals surface area contributed by atoms with Crippen LogP contribution in [0.1, 0.15) is 20.8 Å². The zero-order valence-electron chi connectivity index (χ0n) is 8.20. The van der Waals surface area contributed by atoms with Crippen molar-refractivity contribution in [2.24, 2.45) is 5.41 Å². The van der Waals surface area contributed by atoms with Gasteiger partial charge in [-0.1, -0.05) is 18.2 Å². The number of benzene rings is 1. The van der Waals surface area contributed by atoms with Crippen molar-refractivity contribution >= 4 is 5.97 Å². The summed E-state index contributed by atoms with van der Waals surface area (Å²) in [5.41, 5.74) is -0.449. The minimum atomic E-state index is -0.449. The minimum Gasteiger partial charge on any atom is -0.426 e. The van der Waals surface area contributed by atoms with Crippen LogP contribution in [0.5, 0.6) is 5.75 Å². The Morgan fingerprint density at radius 2 is 1.69 bits per heavy atom. The quantitative estimate of drug-likeness (QED) is 0.488. The Morgan fingerprint density at radius 3 is 2.15 bits per heavy atom. The Morgan fingerprint density at radius 1 is 1.15 bits per heavy atom. The predicted octanol–water partition coefficient (Wildman–Crippen LogP) is 2.64. The molecule has 0 fully saturated rings. The molecular formula is C11H14O2. The van der Waals surface area contributed by atoms with Crippen LogP contribution in [-0.4, -0.2) is 5.97 Å². The van der Waals surface area contributed by atoms with Crippen LogP contribution in [0.25, 0.3) is 0 Å². The van der Waals surface area contributed by atoms with Crippen LogP contribution in [0, 0.1) is 5.41 Å². The monoisotopic (exact) mass is 178 g/mol. The van der Waals surface area contributed by atoms with E-state index in [2.05, 4.69) is 0 Å². The number of rotatable bonds is 1. The third-order valence-electron chi connectivity index (χ3n) is 1.57. The van der Waals surface area contributed by atoms with Crippen LogP contribution in [0.15, 0.2) is 30.3 Å². The van der Waals surface area contributed by atoms with Crippen LogP contribution >= 0.6 is 0 Å². The Balaban J connectivity index is 2.66. The number of para-hydroxylation sites is 1. The van der Waals surface area contributed by atoms with Crippen molar-refractivity contribution in [2.45, 2.75) is 20.8 Å². The topological polar surface area (TPSA) is 26.3 Å². The van der Waals surface area contributed by atoms with Gasteiger partial charge in [-0.3, -0.25) is 4.79 Å². The zero-order chi connectivity index (χ0) is 9.90. The van der Waals surface area contributed by atoms with E-state index in [9.17, 15) is 4.79 Å². The number of ether oxygens (including phenoxy) is 1. The summed E-state index contributed by atoms with van der Waals surface area (Å²) in [5, 5.41) is 0. The second-order valence-electron chi connectivity index (χ2n) is 3.95. The van der Waals surface area contributed by atoms with Gasteiger partial charge in [0.2, 0.25) is 0 Å². The van der Waals surface area contributed by atoms with E-state index in [-0.39, 0.29) is 5.97 Å². The van der Waals surface area contributed by atoms with Gasteiger partial charge in [0.05, 0.1) is 5.41 Å². The van der Waals surface area contributed by atoms with Crippen molar-refractivity contribution < 1.29 is 9.53 Å². The molecule has 0 unspecified atom stereocenters. The SMILES string of the molecule is CC(C)(C)C(=O)Oc1ccccc1. The molecule has 1 rings (SSSR count). The summed E-state index contributed by atoms with van der Waals surface area (Å²) in [7, 11) is 0. The summed E-state index contributed by atoms with van der Waals surface area (Å²) in [6.45, 7) is 5.49. The summed E-state index contributed by atoms with van der Waals surface area (Å²) in [5.74, 6) is 0.390. The molecule has 0 aliphatic rings. The molecule has 2 nitrogen and oxygen atoms in total. The predicted molar refractivity (Wildman–Crippen MR) is 51.5 cm³/mol. The minimum absolute atomic E-state index is 0.210. The first-order valence-corrected chi connectivity index (χ1v) is 4.27. The van der Waals surface area contributed by atoms with E-state index >= 15 is 0 Å². The molecule has 0 atom stereocenters. The van der Waals surface area contributed by atoms with Crippen molar-refractivity contribution in [3.8, 4) is 5.75 Å². The Labute approximate surface area is 78.5 Å². The van der Waals surface area contributed by atoms with Gasteiger partial charge in [-0.2, -0.15) is 0 Å². The molecule has 0 bridgehead atoms. The van der Waals surface area contributed by atoms with Gasteiger partial charge < -0.3 is 4.74 Å². The van der Waals surface area contributed by atoms with E-state index in [0.717, 1.165) is 0 Å². The highest BCUT2D eigenvalue weighted by molar-refractivity contribution is 5.77. The highest BCUT2D eigenvalue weighted by Crippen LogP contribution is 2.18.